The Bertz CT molecular complexity index is 1390. The Balaban J connectivity index is 4.27. The fraction of sp³-hybridized carbons (Fsp3) is 0.819. The van der Waals surface area contributed by atoms with E-state index in [1.54, 1.807) is 0 Å². The van der Waals surface area contributed by atoms with E-state index in [1.165, 1.54) is 244 Å². The predicted octanol–water partition coefficient (Wildman–Crippen LogP) is 23.5. The van der Waals surface area contributed by atoms with Gasteiger partial charge in [0.1, 0.15) is 13.2 Å². The Kier molecular flexibility index (Phi) is 64.2. The van der Waals surface area contributed by atoms with E-state index >= 15 is 0 Å². The molecule has 6 nitrogen and oxygen atoms in total. The summed E-state index contributed by atoms with van der Waals surface area (Å²) in [6.07, 6.45) is 85.2. The molecule has 0 aliphatic rings. The number of ether oxygens (including phenoxy) is 3. The molecule has 0 amide bonds. The highest BCUT2D eigenvalue weighted by Gasteiger charge is 2.19. The second-order valence-corrected chi connectivity index (χ2v) is 23.1. The molecule has 0 saturated carbocycles. The van der Waals surface area contributed by atoms with Gasteiger partial charge in [0.05, 0.1) is 0 Å². The van der Waals surface area contributed by atoms with Crippen molar-refractivity contribution in [3.05, 3.63) is 60.8 Å². The molecule has 454 valence electrons. The van der Waals surface area contributed by atoms with Crippen LogP contribution in [-0.4, -0.2) is 37.2 Å². The van der Waals surface area contributed by atoms with Crippen molar-refractivity contribution in [2.45, 2.75) is 367 Å². The fourth-order valence-corrected chi connectivity index (χ4v) is 10.1. The van der Waals surface area contributed by atoms with Crippen molar-refractivity contribution in [1.82, 2.24) is 0 Å². The molecule has 1 atom stereocenters. The van der Waals surface area contributed by atoms with Crippen molar-refractivity contribution in [3.63, 3.8) is 0 Å². The van der Waals surface area contributed by atoms with Crippen molar-refractivity contribution < 1.29 is 28.6 Å². The zero-order valence-electron chi connectivity index (χ0n) is 52.2. The molecule has 0 spiro atoms. The highest BCUT2D eigenvalue weighted by Crippen LogP contribution is 2.17. The number of hydrogen-bond acceptors (Lipinski definition) is 6. The highest BCUT2D eigenvalue weighted by atomic mass is 16.6. The first-order valence-corrected chi connectivity index (χ1v) is 34.3. The van der Waals surface area contributed by atoms with E-state index in [0.717, 1.165) is 77.0 Å². The molecule has 0 saturated heterocycles. The van der Waals surface area contributed by atoms with Crippen molar-refractivity contribution in [2.75, 3.05) is 13.2 Å². The molecule has 0 fully saturated rings. The van der Waals surface area contributed by atoms with Gasteiger partial charge in [-0.25, -0.2) is 0 Å². The summed E-state index contributed by atoms with van der Waals surface area (Å²) < 4.78 is 17.0. The van der Waals surface area contributed by atoms with Gasteiger partial charge in [-0.3, -0.25) is 14.4 Å². The summed E-state index contributed by atoms with van der Waals surface area (Å²) in [7, 11) is 0. The molecule has 0 aliphatic carbocycles. The predicted molar refractivity (Wildman–Crippen MR) is 339 cm³/mol. The van der Waals surface area contributed by atoms with Crippen LogP contribution in [0.2, 0.25) is 0 Å². The summed E-state index contributed by atoms with van der Waals surface area (Å²) in [6, 6.07) is 0. The van der Waals surface area contributed by atoms with Crippen LogP contribution >= 0.6 is 0 Å². The van der Waals surface area contributed by atoms with E-state index in [-0.39, 0.29) is 31.1 Å². The minimum Gasteiger partial charge on any atom is -0.462 e. The van der Waals surface area contributed by atoms with Gasteiger partial charge in [0, 0.05) is 19.3 Å². The van der Waals surface area contributed by atoms with Gasteiger partial charge in [0.25, 0.3) is 0 Å². The molecule has 0 rings (SSSR count). The van der Waals surface area contributed by atoms with Crippen LogP contribution in [0.25, 0.3) is 0 Å². The quantitative estimate of drug-likeness (QED) is 0.0261. The van der Waals surface area contributed by atoms with Crippen LogP contribution in [-0.2, 0) is 28.6 Å². The van der Waals surface area contributed by atoms with Crippen LogP contribution in [0.1, 0.15) is 361 Å². The summed E-state index contributed by atoms with van der Waals surface area (Å²) in [4.78, 5) is 38.4. The monoisotopic (exact) mass is 1090 g/mol. The number of carbonyl (C=O) groups excluding carboxylic acids is 3. The van der Waals surface area contributed by atoms with E-state index in [1.807, 2.05) is 0 Å². The smallest absolute Gasteiger partial charge is 0.306 e. The van der Waals surface area contributed by atoms with Crippen LogP contribution in [0.15, 0.2) is 60.8 Å². The van der Waals surface area contributed by atoms with Crippen LogP contribution in [0, 0.1) is 0 Å². The lowest BCUT2D eigenvalue weighted by molar-refractivity contribution is -0.167. The van der Waals surface area contributed by atoms with E-state index in [9.17, 15) is 14.4 Å². The molecule has 0 aromatic rings. The normalized spacial score (nSPS) is 12.4. The molecule has 0 heterocycles. The molecule has 0 aromatic heterocycles. The van der Waals surface area contributed by atoms with Crippen molar-refractivity contribution in [2.24, 2.45) is 0 Å². The Morgan fingerprint density at radius 2 is 0.462 bits per heavy atom. The van der Waals surface area contributed by atoms with Gasteiger partial charge in [0.15, 0.2) is 6.10 Å². The standard InChI is InChI=1S/C72H130O6/c1-4-7-10-13-16-19-22-25-27-29-31-33-35-36-38-39-41-43-45-47-50-53-56-59-62-65-71(74)77-68-69(67-76-70(73)64-61-58-55-52-49-24-21-18-15-12-9-6-3)78-72(75)66-63-60-57-54-51-48-46-44-42-40-37-34-32-30-28-26-23-20-17-14-11-8-5-2/h22-23,25-26,29-32,35-36,69H,4-21,24,27-28,33-34,37-68H2,1-3H3/b25-22-,26-23-,31-29-,32-30-,36-35-. The van der Waals surface area contributed by atoms with Gasteiger partial charge in [-0.1, -0.05) is 313 Å². The number of allylic oxidation sites excluding steroid dienone is 10. The molecule has 6 heteroatoms. The molecular weight excluding hydrogens is 961 g/mol. The minimum absolute atomic E-state index is 0.0724. The largest absolute Gasteiger partial charge is 0.462 e. The summed E-state index contributed by atoms with van der Waals surface area (Å²) >= 11 is 0. The molecule has 0 N–H and O–H groups in total. The third-order valence-corrected chi connectivity index (χ3v) is 15.2. The first kappa shape index (κ1) is 75.1. The number of hydrogen-bond donors (Lipinski definition) is 0. The molecule has 0 bridgehead atoms. The van der Waals surface area contributed by atoms with Crippen LogP contribution in [0.4, 0.5) is 0 Å². The lowest BCUT2D eigenvalue weighted by Gasteiger charge is -2.18. The first-order chi connectivity index (χ1) is 38.5. The van der Waals surface area contributed by atoms with Crippen molar-refractivity contribution in [3.8, 4) is 0 Å². The van der Waals surface area contributed by atoms with Gasteiger partial charge in [-0.05, 0) is 89.9 Å². The number of carbonyl (C=O) groups is 3. The second-order valence-electron chi connectivity index (χ2n) is 23.1. The second kappa shape index (κ2) is 66.6. The van der Waals surface area contributed by atoms with Gasteiger partial charge in [-0.2, -0.15) is 0 Å². The van der Waals surface area contributed by atoms with Gasteiger partial charge >= 0.3 is 17.9 Å². The molecule has 0 radical (unpaired) electrons. The van der Waals surface area contributed by atoms with E-state index in [0.29, 0.717) is 19.3 Å². The average molecular weight is 1090 g/mol. The lowest BCUT2D eigenvalue weighted by Crippen LogP contribution is -2.30. The number of rotatable bonds is 63. The van der Waals surface area contributed by atoms with Gasteiger partial charge < -0.3 is 14.2 Å². The van der Waals surface area contributed by atoms with Crippen LogP contribution < -0.4 is 0 Å². The lowest BCUT2D eigenvalue weighted by atomic mass is 10.0. The molecule has 0 aromatic carbocycles. The summed E-state index contributed by atoms with van der Waals surface area (Å²) in [5, 5.41) is 0. The maximum absolute atomic E-state index is 12.9. The Morgan fingerprint density at radius 1 is 0.256 bits per heavy atom. The van der Waals surface area contributed by atoms with E-state index < -0.39 is 6.10 Å². The number of esters is 3. The van der Waals surface area contributed by atoms with Crippen molar-refractivity contribution in [1.29, 1.82) is 0 Å². The van der Waals surface area contributed by atoms with Crippen LogP contribution in [0.3, 0.4) is 0 Å². The SMILES string of the molecule is CCCCCCC/C=C\C/C=C\C/C=C\CCCCCCCCCCCCC(=O)OCC(COC(=O)CCCCCCCCCCCCCC)OC(=O)CCCCCCCCCCCCC/C=C\C/C=C\CCCCCCC. The molecule has 0 aliphatic heterocycles. The van der Waals surface area contributed by atoms with Gasteiger partial charge in [0.2, 0.25) is 0 Å². The third-order valence-electron chi connectivity index (χ3n) is 15.2. The maximum atomic E-state index is 12.9. The summed E-state index contributed by atoms with van der Waals surface area (Å²) in [5.41, 5.74) is 0. The topological polar surface area (TPSA) is 78.9 Å². The Morgan fingerprint density at radius 3 is 0.718 bits per heavy atom. The zero-order valence-corrected chi connectivity index (χ0v) is 52.2. The van der Waals surface area contributed by atoms with E-state index in [2.05, 4.69) is 81.5 Å². The third kappa shape index (κ3) is 63.9. The highest BCUT2D eigenvalue weighted by molar-refractivity contribution is 5.71. The fourth-order valence-electron chi connectivity index (χ4n) is 10.1. The first-order valence-electron chi connectivity index (χ1n) is 34.3. The molecule has 78 heavy (non-hydrogen) atoms. The van der Waals surface area contributed by atoms with E-state index in [4.69, 9.17) is 14.2 Å². The zero-order chi connectivity index (χ0) is 56.4. The molecular formula is C72H130O6. The molecule has 1 unspecified atom stereocenters. The van der Waals surface area contributed by atoms with Crippen LogP contribution in [0.5, 0.6) is 0 Å². The van der Waals surface area contributed by atoms with Crippen molar-refractivity contribution >= 4 is 17.9 Å². The minimum atomic E-state index is -0.776. The summed E-state index contributed by atoms with van der Waals surface area (Å²) in [5.74, 6) is -0.858. The van der Waals surface area contributed by atoms with Gasteiger partial charge in [-0.15, -0.1) is 0 Å². The Labute approximate surface area is 485 Å². The average Bonchev–Trinajstić information content (AvgIpc) is 3.44. The number of unbranched alkanes of at least 4 members (excludes halogenated alkanes) is 42. The Hall–Kier alpha value is -2.89. The summed E-state index contributed by atoms with van der Waals surface area (Å²) in [6.45, 7) is 6.66. The maximum Gasteiger partial charge on any atom is 0.306 e.